The third kappa shape index (κ3) is 3.03. The molecule has 0 heterocycles. The molecule has 2 aromatic rings. The van der Waals surface area contributed by atoms with E-state index in [2.05, 4.69) is 80.3 Å². The van der Waals surface area contributed by atoms with Crippen LogP contribution in [0, 0.1) is 0 Å². The van der Waals surface area contributed by atoms with Gasteiger partial charge in [0, 0.05) is 0 Å². The molecule has 1 atom stereocenters. The largest absolute Gasteiger partial charge is 0.0759 e. The molecular formula is C20H24Si. The minimum Gasteiger partial charge on any atom is -0.0759 e. The first-order chi connectivity index (χ1) is 10.1. The molecule has 0 saturated carbocycles. The van der Waals surface area contributed by atoms with Gasteiger partial charge in [0.05, 0.1) is 8.07 Å². The van der Waals surface area contributed by atoms with Gasteiger partial charge in [0.2, 0.25) is 0 Å². The number of benzene rings is 2. The second-order valence-corrected chi connectivity index (χ2v) is 12.5. The van der Waals surface area contributed by atoms with Crippen molar-refractivity contribution in [1.29, 1.82) is 0 Å². The molecule has 0 fully saturated rings. The molecule has 2 aromatic carbocycles. The van der Waals surface area contributed by atoms with Gasteiger partial charge in [0.25, 0.3) is 0 Å². The third-order valence-corrected chi connectivity index (χ3v) is 6.81. The SMILES string of the molecule is C[Si](C)(C)C1C=C(CCc2ccccc2)c2ccccc21. The van der Waals surface area contributed by atoms with Crippen LogP contribution in [0.2, 0.25) is 19.6 Å². The van der Waals surface area contributed by atoms with Gasteiger partial charge in [-0.1, -0.05) is 80.3 Å². The molecule has 1 aliphatic rings. The van der Waals surface area contributed by atoms with E-state index in [-0.39, 0.29) is 0 Å². The highest BCUT2D eigenvalue weighted by atomic mass is 28.3. The second kappa shape index (κ2) is 5.65. The molecule has 0 nitrogen and oxygen atoms in total. The van der Waals surface area contributed by atoms with Crippen LogP contribution >= 0.6 is 0 Å². The topological polar surface area (TPSA) is 0 Å². The zero-order valence-corrected chi connectivity index (χ0v) is 14.3. The Balaban J connectivity index is 1.85. The lowest BCUT2D eigenvalue weighted by atomic mass is 9.99. The summed E-state index contributed by atoms with van der Waals surface area (Å²) < 4.78 is 0. The molecule has 0 N–H and O–H groups in total. The minimum absolute atomic E-state index is 0.680. The van der Waals surface area contributed by atoms with Gasteiger partial charge in [-0.3, -0.25) is 0 Å². The van der Waals surface area contributed by atoms with E-state index < -0.39 is 8.07 Å². The molecule has 1 aliphatic carbocycles. The van der Waals surface area contributed by atoms with Crippen molar-refractivity contribution in [2.24, 2.45) is 0 Å². The van der Waals surface area contributed by atoms with Crippen LogP contribution in [0.15, 0.2) is 60.7 Å². The van der Waals surface area contributed by atoms with Gasteiger partial charge in [-0.05, 0) is 40.6 Å². The molecule has 0 bridgehead atoms. The summed E-state index contributed by atoms with van der Waals surface area (Å²) in [6.45, 7) is 7.43. The van der Waals surface area contributed by atoms with Crippen molar-refractivity contribution in [3.63, 3.8) is 0 Å². The van der Waals surface area contributed by atoms with Crippen LogP contribution in [0.25, 0.3) is 5.57 Å². The van der Waals surface area contributed by atoms with Gasteiger partial charge >= 0.3 is 0 Å². The summed E-state index contributed by atoms with van der Waals surface area (Å²) in [5.74, 6) is 0. The smallest absolute Gasteiger partial charge is 0.0566 e. The van der Waals surface area contributed by atoms with Crippen molar-refractivity contribution < 1.29 is 0 Å². The maximum absolute atomic E-state index is 2.57. The Morgan fingerprint density at radius 3 is 2.19 bits per heavy atom. The van der Waals surface area contributed by atoms with Crippen molar-refractivity contribution in [2.45, 2.75) is 38.0 Å². The molecule has 0 radical (unpaired) electrons. The van der Waals surface area contributed by atoms with Crippen LogP contribution in [0.4, 0.5) is 0 Å². The van der Waals surface area contributed by atoms with Gasteiger partial charge in [0.15, 0.2) is 0 Å². The number of allylic oxidation sites excluding steroid dienone is 2. The van der Waals surface area contributed by atoms with Crippen molar-refractivity contribution in [3.05, 3.63) is 77.4 Å². The van der Waals surface area contributed by atoms with E-state index in [0.717, 1.165) is 12.8 Å². The van der Waals surface area contributed by atoms with E-state index in [1.807, 2.05) is 0 Å². The monoisotopic (exact) mass is 292 g/mol. The first kappa shape index (κ1) is 14.3. The lowest BCUT2D eigenvalue weighted by molar-refractivity contribution is 1.02. The van der Waals surface area contributed by atoms with Gasteiger partial charge in [-0.2, -0.15) is 0 Å². The van der Waals surface area contributed by atoms with Crippen LogP contribution in [0.3, 0.4) is 0 Å². The van der Waals surface area contributed by atoms with E-state index in [0.29, 0.717) is 5.54 Å². The molecular weight excluding hydrogens is 268 g/mol. The van der Waals surface area contributed by atoms with Gasteiger partial charge in [-0.25, -0.2) is 0 Å². The fraction of sp³-hybridized carbons (Fsp3) is 0.300. The fourth-order valence-electron chi connectivity index (χ4n) is 3.30. The van der Waals surface area contributed by atoms with Crippen molar-refractivity contribution in [3.8, 4) is 0 Å². The highest BCUT2D eigenvalue weighted by Crippen LogP contribution is 2.42. The Labute approximate surface area is 129 Å². The van der Waals surface area contributed by atoms with E-state index in [4.69, 9.17) is 0 Å². The van der Waals surface area contributed by atoms with Crippen LogP contribution < -0.4 is 0 Å². The summed E-state index contributed by atoms with van der Waals surface area (Å²) in [4.78, 5) is 0. The number of fused-ring (bicyclic) bond motifs is 1. The molecule has 0 aliphatic heterocycles. The summed E-state index contributed by atoms with van der Waals surface area (Å²) in [5.41, 5.74) is 6.74. The average molecular weight is 292 g/mol. The number of aryl methyl sites for hydroxylation is 1. The Hall–Kier alpha value is -1.60. The summed E-state index contributed by atoms with van der Waals surface area (Å²) in [5, 5.41) is 0. The molecule has 0 amide bonds. The highest BCUT2D eigenvalue weighted by Gasteiger charge is 2.32. The average Bonchev–Trinajstić information content (AvgIpc) is 2.85. The molecule has 0 spiro atoms. The van der Waals surface area contributed by atoms with Gasteiger partial charge < -0.3 is 0 Å². The summed E-state index contributed by atoms with van der Waals surface area (Å²) in [7, 11) is -1.20. The zero-order chi connectivity index (χ0) is 14.9. The van der Waals surface area contributed by atoms with Crippen LogP contribution in [0.5, 0.6) is 0 Å². The van der Waals surface area contributed by atoms with Crippen molar-refractivity contribution in [2.75, 3.05) is 0 Å². The number of rotatable bonds is 4. The predicted molar refractivity (Wildman–Crippen MR) is 95.3 cm³/mol. The predicted octanol–water partition coefficient (Wildman–Crippen LogP) is 5.68. The maximum Gasteiger partial charge on any atom is 0.0566 e. The van der Waals surface area contributed by atoms with Crippen LogP contribution in [-0.4, -0.2) is 8.07 Å². The first-order valence-electron chi connectivity index (χ1n) is 7.89. The molecule has 1 unspecified atom stereocenters. The van der Waals surface area contributed by atoms with E-state index in [1.165, 1.54) is 11.1 Å². The summed E-state index contributed by atoms with van der Waals surface area (Å²) in [6.07, 6.45) is 4.86. The van der Waals surface area contributed by atoms with Crippen molar-refractivity contribution in [1.82, 2.24) is 0 Å². The lowest BCUT2D eigenvalue weighted by Gasteiger charge is -2.24. The molecule has 0 aromatic heterocycles. The Morgan fingerprint density at radius 1 is 0.810 bits per heavy atom. The first-order valence-corrected chi connectivity index (χ1v) is 11.5. The van der Waals surface area contributed by atoms with E-state index >= 15 is 0 Å². The van der Waals surface area contributed by atoms with Gasteiger partial charge in [-0.15, -0.1) is 0 Å². The number of hydrogen-bond acceptors (Lipinski definition) is 0. The minimum atomic E-state index is -1.20. The Bertz CT molecular complexity index is 647. The van der Waals surface area contributed by atoms with E-state index in [9.17, 15) is 0 Å². The molecule has 0 saturated heterocycles. The zero-order valence-electron chi connectivity index (χ0n) is 13.3. The fourth-order valence-corrected chi connectivity index (χ4v) is 5.19. The van der Waals surface area contributed by atoms with Gasteiger partial charge in [0.1, 0.15) is 0 Å². The summed E-state index contributed by atoms with van der Waals surface area (Å²) in [6, 6.07) is 19.9. The molecule has 21 heavy (non-hydrogen) atoms. The number of hydrogen-bond donors (Lipinski definition) is 0. The molecule has 108 valence electrons. The Morgan fingerprint density at radius 2 is 1.48 bits per heavy atom. The lowest BCUT2D eigenvalue weighted by Crippen LogP contribution is -2.28. The molecule has 3 rings (SSSR count). The van der Waals surface area contributed by atoms with Crippen LogP contribution in [0.1, 0.15) is 28.7 Å². The Kier molecular flexibility index (Phi) is 3.86. The van der Waals surface area contributed by atoms with Crippen LogP contribution in [-0.2, 0) is 6.42 Å². The quantitative estimate of drug-likeness (QED) is 0.636. The normalized spacial score (nSPS) is 17.5. The molecule has 1 heteroatoms. The maximum atomic E-state index is 2.57. The van der Waals surface area contributed by atoms with E-state index in [1.54, 1.807) is 11.1 Å². The third-order valence-electron chi connectivity index (χ3n) is 4.47. The van der Waals surface area contributed by atoms with Crippen molar-refractivity contribution >= 4 is 13.6 Å². The highest BCUT2D eigenvalue weighted by molar-refractivity contribution is 6.78. The summed E-state index contributed by atoms with van der Waals surface area (Å²) >= 11 is 0. The standard InChI is InChI=1S/C20H24Si/c1-21(2,3)20-15-17(18-11-7-8-12-19(18)20)14-13-16-9-5-4-6-10-16/h4-12,15,20H,13-14H2,1-3H3. The second-order valence-electron chi connectivity index (χ2n) is 7.11.